The van der Waals surface area contributed by atoms with Gasteiger partial charge in [0.15, 0.2) is 0 Å². The molecule has 4 heteroatoms. The molecule has 0 aliphatic heterocycles. The van der Waals surface area contributed by atoms with Crippen molar-refractivity contribution in [3.8, 4) is 0 Å². The van der Waals surface area contributed by atoms with Gasteiger partial charge in [-0.15, -0.1) is 0 Å². The van der Waals surface area contributed by atoms with Crippen molar-refractivity contribution in [1.29, 1.82) is 0 Å². The Bertz CT molecular complexity index is 415. The van der Waals surface area contributed by atoms with Crippen LogP contribution in [-0.4, -0.2) is 11.1 Å². The minimum absolute atomic E-state index is 0.289. The zero-order chi connectivity index (χ0) is 11.2. The number of carbonyl (C=O) groups is 1. The topological polar surface area (TPSA) is 37.3 Å². The van der Waals surface area contributed by atoms with Gasteiger partial charge in [0, 0.05) is 10.6 Å². The van der Waals surface area contributed by atoms with E-state index in [2.05, 4.69) is 0 Å². The van der Waals surface area contributed by atoms with Gasteiger partial charge in [-0.2, -0.15) is 0 Å². The summed E-state index contributed by atoms with van der Waals surface area (Å²) in [4.78, 5) is 11.0. The van der Waals surface area contributed by atoms with Crippen LogP contribution in [0.2, 0.25) is 5.02 Å². The van der Waals surface area contributed by atoms with E-state index in [0.717, 1.165) is 0 Å². The normalized spacial score (nSPS) is 17.5. The average Bonchev–Trinajstić information content (AvgIpc) is 2.93. The number of carboxylic acid groups (broad SMARTS) is 1. The molecule has 0 atom stereocenters. The van der Waals surface area contributed by atoms with Crippen LogP contribution in [0, 0.1) is 12.7 Å². The third kappa shape index (κ3) is 1.51. The number of halogens is 2. The second kappa shape index (κ2) is 3.20. The SMILES string of the molecule is Cc1c(F)cc(C2(C(=O)O)CC2)cc1Cl. The van der Waals surface area contributed by atoms with Crippen LogP contribution in [0.5, 0.6) is 0 Å². The number of hydrogen-bond donors (Lipinski definition) is 1. The fraction of sp³-hybridized carbons (Fsp3) is 0.364. The van der Waals surface area contributed by atoms with E-state index in [4.69, 9.17) is 16.7 Å². The summed E-state index contributed by atoms with van der Waals surface area (Å²) in [5, 5.41) is 9.33. The van der Waals surface area contributed by atoms with Gasteiger partial charge in [-0.3, -0.25) is 4.79 Å². The van der Waals surface area contributed by atoms with Crippen molar-refractivity contribution in [3.63, 3.8) is 0 Å². The third-order valence-corrected chi connectivity index (χ3v) is 3.39. The van der Waals surface area contributed by atoms with Gasteiger partial charge < -0.3 is 5.11 Å². The highest BCUT2D eigenvalue weighted by Crippen LogP contribution is 2.49. The van der Waals surface area contributed by atoms with Gasteiger partial charge in [0.1, 0.15) is 5.82 Å². The predicted molar refractivity (Wildman–Crippen MR) is 54.7 cm³/mol. The molecule has 0 saturated heterocycles. The zero-order valence-electron chi connectivity index (χ0n) is 8.18. The molecule has 1 aliphatic carbocycles. The second-order valence-electron chi connectivity index (χ2n) is 3.95. The Morgan fingerprint density at radius 3 is 2.53 bits per heavy atom. The van der Waals surface area contributed by atoms with Crippen LogP contribution >= 0.6 is 11.6 Å². The van der Waals surface area contributed by atoms with Crippen LogP contribution < -0.4 is 0 Å². The highest BCUT2D eigenvalue weighted by Gasteiger charge is 2.52. The third-order valence-electron chi connectivity index (χ3n) is 2.99. The number of aliphatic carboxylic acids is 1. The molecule has 0 amide bonds. The summed E-state index contributed by atoms with van der Waals surface area (Å²) >= 11 is 5.82. The summed E-state index contributed by atoms with van der Waals surface area (Å²) in [7, 11) is 0. The molecular weight excluding hydrogens is 219 g/mol. The molecule has 0 unspecified atom stereocenters. The van der Waals surface area contributed by atoms with Crippen LogP contribution in [0.15, 0.2) is 12.1 Å². The lowest BCUT2D eigenvalue weighted by molar-refractivity contribution is -0.140. The van der Waals surface area contributed by atoms with Gasteiger partial charge in [0.05, 0.1) is 5.41 Å². The van der Waals surface area contributed by atoms with Crippen LogP contribution in [0.1, 0.15) is 24.0 Å². The van der Waals surface area contributed by atoms with Crippen molar-refractivity contribution >= 4 is 17.6 Å². The maximum Gasteiger partial charge on any atom is 0.314 e. The molecule has 1 saturated carbocycles. The van der Waals surface area contributed by atoms with E-state index in [1.807, 2.05) is 0 Å². The molecule has 0 bridgehead atoms. The van der Waals surface area contributed by atoms with E-state index in [9.17, 15) is 9.18 Å². The van der Waals surface area contributed by atoms with Crippen molar-refractivity contribution in [1.82, 2.24) is 0 Å². The van der Waals surface area contributed by atoms with E-state index < -0.39 is 17.2 Å². The molecule has 1 aromatic rings. The fourth-order valence-electron chi connectivity index (χ4n) is 1.67. The van der Waals surface area contributed by atoms with Crippen molar-refractivity contribution in [2.45, 2.75) is 25.2 Å². The second-order valence-corrected chi connectivity index (χ2v) is 4.36. The highest BCUT2D eigenvalue weighted by atomic mass is 35.5. The van der Waals surface area contributed by atoms with E-state index in [1.165, 1.54) is 6.07 Å². The highest BCUT2D eigenvalue weighted by molar-refractivity contribution is 6.31. The van der Waals surface area contributed by atoms with Crippen LogP contribution in [0.25, 0.3) is 0 Å². The van der Waals surface area contributed by atoms with Crippen LogP contribution in [0.4, 0.5) is 4.39 Å². The standard InChI is InChI=1S/C11H10ClFO2/c1-6-8(12)4-7(5-9(6)13)11(2-3-11)10(14)15/h4-5H,2-3H2,1H3,(H,14,15). The van der Waals surface area contributed by atoms with E-state index in [0.29, 0.717) is 24.0 Å². The maximum atomic E-state index is 13.4. The van der Waals surface area contributed by atoms with Gasteiger partial charge >= 0.3 is 5.97 Å². The van der Waals surface area contributed by atoms with Gasteiger partial charge in [-0.1, -0.05) is 11.6 Å². The Morgan fingerprint density at radius 2 is 2.13 bits per heavy atom. The predicted octanol–water partition coefficient (Wildman–Crippen LogP) is 2.90. The quantitative estimate of drug-likeness (QED) is 0.845. The van der Waals surface area contributed by atoms with Crippen LogP contribution in [-0.2, 0) is 10.2 Å². The molecule has 0 radical (unpaired) electrons. The molecule has 1 aliphatic rings. The number of carboxylic acids is 1. The summed E-state index contributed by atoms with van der Waals surface area (Å²) in [6, 6.07) is 2.84. The molecule has 1 N–H and O–H groups in total. The van der Waals surface area contributed by atoms with E-state index in [1.54, 1.807) is 13.0 Å². The maximum absolute atomic E-state index is 13.4. The summed E-state index contributed by atoms with van der Waals surface area (Å²) < 4.78 is 13.4. The van der Waals surface area contributed by atoms with Crippen molar-refractivity contribution < 1.29 is 14.3 Å². The minimum atomic E-state index is -0.901. The number of benzene rings is 1. The first kappa shape index (κ1) is 10.4. The monoisotopic (exact) mass is 228 g/mol. The average molecular weight is 229 g/mol. The Morgan fingerprint density at radius 1 is 1.53 bits per heavy atom. The van der Waals surface area contributed by atoms with Crippen molar-refractivity contribution in [2.24, 2.45) is 0 Å². The Hall–Kier alpha value is -1.09. The van der Waals surface area contributed by atoms with Gasteiger partial charge in [0.25, 0.3) is 0 Å². The molecule has 0 aromatic heterocycles. The lowest BCUT2D eigenvalue weighted by atomic mass is 9.95. The Balaban J connectivity index is 2.51. The lowest BCUT2D eigenvalue weighted by Gasteiger charge is -2.12. The first-order chi connectivity index (χ1) is 6.97. The number of hydrogen-bond acceptors (Lipinski definition) is 1. The molecule has 0 spiro atoms. The Labute approximate surface area is 91.7 Å². The zero-order valence-corrected chi connectivity index (χ0v) is 8.94. The van der Waals surface area contributed by atoms with Crippen molar-refractivity contribution in [2.75, 3.05) is 0 Å². The van der Waals surface area contributed by atoms with Gasteiger partial charge in [-0.05, 0) is 37.5 Å². The minimum Gasteiger partial charge on any atom is -0.481 e. The summed E-state index contributed by atoms with van der Waals surface area (Å²) in [6.45, 7) is 1.57. The molecule has 2 rings (SSSR count). The smallest absolute Gasteiger partial charge is 0.314 e. The lowest BCUT2D eigenvalue weighted by Crippen LogP contribution is -2.19. The van der Waals surface area contributed by atoms with Gasteiger partial charge in [-0.25, -0.2) is 4.39 Å². The van der Waals surface area contributed by atoms with E-state index >= 15 is 0 Å². The summed E-state index contributed by atoms with van der Waals surface area (Å²) in [5.74, 6) is -1.34. The fourth-order valence-corrected chi connectivity index (χ4v) is 1.88. The molecule has 0 heterocycles. The van der Waals surface area contributed by atoms with E-state index in [-0.39, 0.29) is 5.02 Å². The molecule has 1 fully saturated rings. The largest absolute Gasteiger partial charge is 0.481 e. The Kier molecular flexibility index (Phi) is 2.23. The first-order valence-electron chi connectivity index (χ1n) is 4.67. The molecule has 80 valence electrons. The summed E-state index contributed by atoms with van der Waals surface area (Å²) in [6.07, 6.45) is 1.11. The number of rotatable bonds is 2. The van der Waals surface area contributed by atoms with Crippen LogP contribution in [0.3, 0.4) is 0 Å². The molecular formula is C11H10ClFO2. The first-order valence-corrected chi connectivity index (χ1v) is 5.05. The van der Waals surface area contributed by atoms with Crippen molar-refractivity contribution in [3.05, 3.63) is 34.1 Å². The molecule has 15 heavy (non-hydrogen) atoms. The van der Waals surface area contributed by atoms with Gasteiger partial charge in [0.2, 0.25) is 0 Å². The molecule has 2 nitrogen and oxygen atoms in total. The molecule has 1 aromatic carbocycles. The summed E-state index contributed by atoms with van der Waals surface area (Å²) in [5.41, 5.74) is -0.0530.